The van der Waals surface area contributed by atoms with Gasteiger partial charge in [-0.3, -0.25) is 9.59 Å². The fourth-order valence-corrected chi connectivity index (χ4v) is 5.01. The summed E-state index contributed by atoms with van der Waals surface area (Å²) in [7, 11) is 0. The number of likely N-dealkylation sites (tertiary alicyclic amines) is 1. The average Bonchev–Trinajstić information content (AvgIpc) is 2.88. The van der Waals surface area contributed by atoms with Gasteiger partial charge < -0.3 is 19.9 Å². The Morgan fingerprint density at radius 2 is 1.66 bits per heavy atom. The van der Waals surface area contributed by atoms with Gasteiger partial charge in [0.1, 0.15) is 5.69 Å². The Labute approximate surface area is 191 Å². The molecule has 7 heteroatoms. The normalized spacial score (nSPS) is 18.5. The van der Waals surface area contributed by atoms with Crippen LogP contribution in [0.4, 0.5) is 0 Å². The van der Waals surface area contributed by atoms with Crippen molar-refractivity contribution in [1.82, 2.24) is 15.2 Å². The molecule has 1 aromatic rings. The highest BCUT2D eigenvalue weighted by molar-refractivity contribution is 6.00. The van der Waals surface area contributed by atoms with E-state index < -0.39 is 5.97 Å². The van der Waals surface area contributed by atoms with Crippen molar-refractivity contribution in [3.05, 3.63) is 22.5 Å². The lowest BCUT2D eigenvalue weighted by molar-refractivity contribution is -0.123. The van der Waals surface area contributed by atoms with Crippen molar-refractivity contribution in [1.29, 1.82) is 0 Å². The van der Waals surface area contributed by atoms with E-state index in [1.807, 2.05) is 18.7 Å². The van der Waals surface area contributed by atoms with Gasteiger partial charge >= 0.3 is 5.97 Å². The summed E-state index contributed by atoms with van der Waals surface area (Å²) >= 11 is 0. The summed E-state index contributed by atoms with van der Waals surface area (Å²) in [6.45, 7) is 8.45. The molecule has 0 atom stereocenters. The fraction of sp³-hybridized carbons (Fsp3) is 0.720. The number of ether oxygens (including phenoxy) is 1. The predicted molar refractivity (Wildman–Crippen MR) is 124 cm³/mol. The average molecular weight is 446 g/mol. The van der Waals surface area contributed by atoms with Gasteiger partial charge in [0.15, 0.2) is 0 Å². The van der Waals surface area contributed by atoms with Crippen molar-refractivity contribution in [2.45, 2.75) is 97.6 Å². The molecule has 2 N–H and O–H groups in total. The fourth-order valence-electron chi connectivity index (χ4n) is 5.01. The van der Waals surface area contributed by atoms with Gasteiger partial charge in [-0.2, -0.15) is 0 Å². The van der Waals surface area contributed by atoms with E-state index in [0.717, 1.165) is 25.7 Å². The van der Waals surface area contributed by atoms with Crippen LogP contribution in [-0.4, -0.2) is 52.9 Å². The second kappa shape index (κ2) is 11.0. The molecular weight excluding hydrogens is 406 g/mol. The maximum atomic E-state index is 13.1. The number of nitrogens with zero attached hydrogens (tertiary/aromatic N) is 1. The van der Waals surface area contributed by atoms with Crippen LogP contribution >= 0.6 is 0 Å². The van der Waals surface area contributed by atoms with Crippen LogP contribution < -0.4 is 5.32 Å². The molecule has 1 aliphatic heterocycles. The number of amides is 2. The summed E-state index contributed by atoms with van der Waals surface area (Å²) in [6, 6.07) is 0.336. The lowest BCUT2D eigenvalue weighted by atomic mass is 9.92. The standard InChI is InChI=1S/C25H39N3O4/c1-16(2)32-25(31)22-17(3)23(26-18(22)4)24(30)28-13-11-19(12-14-28)15-21(29)27-20-9-7-5-6-8-10-20/h16,19-20,26H,5-15H2,1-4H3,(H,27,29). The Morgan fingerprint density at radius 3 is 2.25 bits per heavy atom. The molecule has 1 saturated carbocycles. The van der Waals surface area contributed by atoms with Crippen LogP contribution in [0.15, 0.2) is 0 Å². The molecule has 1 aromatic heterocycles. The first kappa shape index (κ1) is 24.3. The van der Waals surface area contributed by atoms with E-state index in [2.05, 4.69) is 10.3 Å². The summed E-state index contributed by atoms with van der Waals surface area (Å²) in [5.41, 5.74) is 2.21. The number of carbonyl (C=O) groups is 3. The minimum Gasteiger partial charge on any atom is -0.459 e. The van der Waals surface area contributed by atoms with Crippen LogP contribution in [0.5, 0.6) is 0 Å². The zero-order valence-corrected chi connectivity index (χ0v) is 20.1. The maximum absolute atomic E-state index is 13.1. The first-order valence-corrected chi connectivity index (χ1v) is 12.2. The molecular formula is C25H39N3O4. The lowest BCUT2D eigenvalue weighted by Crippen LogP contribution is -2.41. The van der Waals surface area contributed by atoms with Gasteiger partial charge in [0.2, 0.25) is 5.91 Å². The first-order valence-electron chi connectivity index (χ1n) is 12.2. The molecule has 3 rings (SSSR count). The van der Waals surface area contributed by atoms with Gasteiger partial charge in [-0.15, -0.1) is 0 Å². The number of rotatable bonds is 6. The molecule has 1 aliphatic carbocycles. The summed E-state index contributed by atoms with van der Waals surface area (Å²) in [6.07, 6.45) is 9.15. The summed E-state index contributed by atoms with van der Waals surface area (Å²) in [5, 5.41) is 3.24. The first-order chi connectivity index (χ1) is 15.3. The molecule has 0 unspecified atom stereocenters. The number of aromatic amines is 1. The van der Waals surface area contributed by atoms with E-state index in [1.54, 1.807) is 13.8 Å². The number of piperidine rings is 1. The van der Waals surface area contributed by atoms with Crippen LogP contribution in [-0.2, 0) is 9.53 Å². The van der Waals surface area contributed by atoms with E-state index in [-0.39, 0.29) is 17.9 Å². The molecule has 0 aromatic carbocycles. The highest BCUT2D eigenvalue weighted by Crippen LogP contribution is 2.25. The van der Waals surface area contributed by atoms with Crippen molar-refractivity contribution in [2.75, 3.05) is 13.1 Å². The molecule has 2 heterocycles. The zero-order chi connectivity index (χ0) is 23.3. The highest BCUT2D eigenvalue weighted by Gasteiger charge is 2.30. The Balaban J connectivity index is 1.52. The number of hydrogen-bond acceptors (Lipinski definition) is 4. The largest absolute Gasteiger partial charge is 0.459 e. The Bertz CT molecular complexity index is 813. The third-order valence-corrected chi connectivity index (χ3v) is 6.79. The third kappa shape index (κ3) is 6.14. The lowest BCUT2D eigenvalue weighted by Gasteiger charge is -2.32. The topological polar surface area (TPSA) is 91.5 Å². The van der Waals surface area contributed by atoms with E-state index >= 15 is 0 Å². The van der Waals surface area contributed by atoms with Crippen molar-refractivity contribution in [3.8, 4) is 0 Å². The van der Waals surface area contributed by atoms with E-state index in [0.29, 0.717) is 54.0 Å². The van der Waals surface area contributed by atoms with Crippen molar-refractivity contribution in [2.24, 2.45) is 5.92 Å². The van der Waals surface area contributed by atoms with Crippen molar-refractivity contribution in [3.63, 3.8) is 0 Å². The smallest absolute Gasteiger partial charge is 0.340 e. The van der Waals surface area contributed by atoms with Gasteiger partial charge in [-0.1, -0.05) is 25.7 Å². The SMILES string of the molecule is Cc1[nH]c(C(=O)N2CCC(CC(=O)NC3CCCCCC3)CC2)c(C)c1C(=O)OC(C)C. The van der Waals surface area contributed by atoms with Crippen molar-refractivity contribution >= 4 is 17.8 Å². The number of aryl methyl sites for hydroxylation is 1. The van der Waals surface area contributed by atoms with Crippen molar-refractivity contribution < 1.29 is 19.1 Å². The molecule has 7 nitrogen and oxygen atoms in total. The van der Waals surface area contributed by atoms with Crippen LogP contribution in [0.2, 0.25) is 0 Å². The van der Waals surface area contributed by atoms with Crippen LogP contribution in [0.1, 0.15) is 104 Å². The van der Waals surface area contributed by atoms with Crippen LogP contribution in [0, 0.1) is 19.8 Å². The molecule has 0 radical (unpaired) electrons. The summed E-state index contributed by atoms with van der Waals surface area (Å²) in [5.74, 6) is -0.0158. The Hall–Kier alpha value is -2.31. The number of esters is 1. The molecule has 178 valence electrons. The van der Waals surface area contributed by atoms with Gasteiger partial charge in [0, 0.05) is 31.2 Å². The maximum Gasteiger partial charge on any atom is 0.340 e. The van der Waals surface area contributed by atoms with E-state index in [4.69, 9.17) is 4.74 Å². The van der Waals surface area contributed by atoms with Crippen LogP contribution in [0.3, 0.4) is 0 Å². The van der Waals surface area contributed by atoms with Gasteiger partial charge in [-0.05, 0) is 64.9 Å². The second-order valence-corrected chi connectivity index (χ2v) is 9.77. The number of hydrogen-bond donors (Lipinski definition) is 2. The highest BCUT2D eigenvalue weighted by atomic mass is 16.5. The Kier molecular flexibility index (Phi) is 8.38. The Morgan fingerprint density at radius 1 is 1.03 bits per heavy atom. The number of aromatic nitrogens is 1. The number of nitrogens with one attached hydrogen (secondary N) is 2. The van der Waals surface area contributed by atoms with Gasteiger partial charge in [0.25, 0.3) is 5.91 Å². The molecule has 2 fully saturated rings. The third-order valence-electron chi connectivity index (χ3n) is 6.79. The van der Waals surface area contributed by atoms with Gasteiger partial charge in [0.05, 0.1) is 11.7 Å². The predicted octanol–water partition coefficient (Wildman–Crippen LogP) is 4.28. The monoisotopic (exact) mass is 445 g/mol. The minimum absolute atomic E-state index is 0.0874. The molecule has 0 spiro atoms. The number of carbonyl (C=O) groups excluding carboxylic acids is 3. The molecule has 2 aliphatic rings. The molecule has 0 bridgehead atoms. The van der Waals surface area contributed by atoms with E-state index in [9.17, 15) is 14.4 Å². The van der Waals surface area contributed by atoms with Crippen LogP contribution in [0.25, 0.3) is 0 Å². The molecule has 32 heavy (non-hydrogen) atoms. The summed E-state index contributed by atoms with van der Waals surface area (Å²) in [4.78, 5) is 43.0. The molecule has 2 amide bonds. The van der Waals surface area contributed by atoms with Gasteiger partial charge in [-0.25, -0.2) is 4.79 Å². The van der Waals surface area contributed by atoms with E-state index in [1.165, 1.54) is 25.7 Å². The number of H-pyrrole nitrogens is 1. The summed E-state index contributed by atoms with van der Waals surface area (Å²) < 4.78 is 5.33. The minimum atomic E-state index is -0.399. The zero-order valence-electron chi connectivity index (χ0n) is 20.1. The second-order valence-electron chi connectivity index (χ2n) is 9.77. The quantitative estimate of drug-likeness (QED) is 0.505. The molecule has 1 saturated heterocycles.